The van der Waals surface area contributed by atoms with E-state index in [9.17, 15) is 13.2 Å². The van der Waals surface area contributed by atoms with Crippen molar-refractivity contribution < 1.29 is 13.2 Å². The number of para-hydroxylation sites is 1. The van der Waals surface area contributed by atoms with Gasteiger partial charge in [-0.05, 0) is 65.6 Å². The number of piperidine rings is 1. The number of benzene rings is 2. The average molecular weight is 496 g/mol. The summed E-state index contributed by atoms with van der Waals surface area (Å²) in [6.07, 6.45) is 1.75. The Morgan fingerprint density at radius 3 is 2.20 bits per heavy atom. The van der Waals surface area contributed by atoms with Gasteiger partial charge in [0.25, 0.3) is 5.91 Å². The van der Waals surface area contributed by atoms with Crippen LogP contribution >= 0.6 is 0 Å². The van der Waals surface area contributed by atoms with Gasteiger partial charge in [-0.1, -0.05) is 30.2 Å². The largest absolute Gasteiger partial charge is 0.336 e. The molecule has 0 bridgehead atoms. The summed E-state index contributed by atoms with van der Waals surface area (Å²) >= 11 is 0. The van der Waals surface area contributed by atoms with Gasteiger partial charge in [-0.15, -0.1) is 0 Å². The highest BCUT2D eigenvalue weighted by atomic mass is 32.2. The number of piperazine rings is 1. The number of carbonyl (C=O) groups excluding carboxylic acids is 1. The summed E-state index contributed by atoms with van der Waals surface area (Å²) in [7, 11) is -3.53. The minimum absolute atomic E-state index is 0.108. The molecule has 35 heavy (non-hydrogen) atoms. The SMILES string of the molecule is CC1CCN(S(=O)(=O)c2ccc(C(=O)N3CCN(c4nnnn4-c4ccccc4)CC3)cc2)CC1. The molecular weight excluding hydrogens is 466 g/mol. The predicted molar refractivity (Wildman–Crippen MR) is 131 cm³/mol. The maximum absolute atomic E-state index is 13.1. The molecule has 0 saturated carbocycles. The lowest BCUT2D eigenvalue weighted by atomic mass is 10.0. The number of amides is 1. The molecule has 10 nitrogen and oxygen atoms in total. The van der Waals surface area contributed by atoms with Crippen molar-refractivity contribution in [2.75, 3.05) is 44.2 Å². The van der Waals surface area contributed by atoms with Crippen LogP contribution < -0.4 is 4.90 Å². The lowest BCUT2D eigenvalue weighted by molar-refractivity contribution is 0.0746. The van der Waals surface area contributed by atoms with Crippen LogP contribution in [0.5, 0.6) is 0 Å². The van der Waals surface area contributed by atoms with E-state index in [1.807, 2.05) is 30.3 Å². The van der Waals surface area contributed by atoms with Crippen molar-refractivity contribution in [2.24, 2.45) is 5.92 Å². The molecule has 0 spiro atoms. The first-order chi connectivity index (χ1) is 16.9. The molecule has 5 rings (SSSR count). The monoisotopic (exact) mass is 495 g/mol. The molecule has 2 fully saturated rings. The van der Waals surface area contributed by atoms with Gasteiger partial charge in [-0.3, -0.25) is 4.79 Å². The number of tetrazole rings is 1. The van der Waals surface area contributed by atoms with Gasteiger partial charge >= 0.3 is 0 Å². The zero-order chi connectivity index (χ0) is 24.4. The molecule has 2 aliphatic heterocycles. The minimum Gasteiger partial charge on any atom is -0.336 e. The van der Waals surface area contributed by atoms with Crippen molar-refractivity contribution in [3.05, 3.63) is 60.2 Å². The zero-order valence-corrected chi connectivity index (χ0v) is 20.5. The molecule has 2 aromatic carbocycles. The number of hydrogen-bond acceptors (Lipinski definition) is 7. The topological polar surface area (TPSA) is 105 Å². The van der Waals surface area contributed by atoms with Crippen LogP contribution in [0.15, 0.2) is 59.5 Å². The average Bonchev–Trinajstić information content (AvgIpc) is 3.39. The summed E-state index contributed by atoms with van der Waals surface area (Å²) in [6, 6.07) is 16.0. The van der Waals surface area contributed by atoms with Crippen LogP contribution in [-0.4, -0.2) is 83.0 Å². The number of sulfonamides is 1. The van der Waals surface area contributed by atoms with E-state index in [-0.39, 0.29) is 10.8 Å². The summed E-state index contributed by atoms with van der Waals surface area (Å²) in [5.41, 5.74) is 1.36. The normalized spacial score (nSPS) is 18.1. The van der Waals surface area contributed by atoms with Crippen molar-refractivity contribution in [3.8, 4) is 5.69 Å². The summed E-state index contributed by atoms with van der Waals surface area (Å²) < 4.78 is 29.2. The van der Waals surface area contributed by atoms with Gasteiger partial charge < -0.3 is 9.80 Å². The van der Waals surface area contributed by atoms with Crippen molar-refractivity contribution in [1.29, 1.82) is 0 Å². The number of aromatic nitrogens is 4. The minimum atomic E-state index is -3.53. The summed E-state index contributed by atoms with van der Waals surface area (Å²) in [4.78, 5) is 17.2. The Balaban J connectivity index is 1.22. The third kappa shape index (κ3) is 4.78. The second kappa shape index (κ2) is 9.74. The highest BCUT2D eigenvalue weighted by molar-refractivity contribution is 7.89. The van der Waals surface area contributed by atoms with E-state index >= 15 is 0 Å². The first kappa shape index (κ1) is 23.4. The number of hydrogen-bond donors (Lipinski definition) is 0. The van der Waals surface area contributed by atoms with E-state index in [0.29, 0.717) is 56.7 Å². The van der Waals surface area contributed by atoms with E-state index in [0.717, 1.165) is 18.5 Å². The van der Waals surface area contributed by atoms with Crippen molar-refractivity contribution in [1.82, 2.24) is 29.4 Å². The van der Waals surface area contributed by atoms with Gasteiger partial charge in [0.05, 0.1) is 10.6 Å². The Morgan fingerprint density at radius 2 is 1.54 bits per heavy atom. The number of rotatable bonds is 5. The van der Waals surface area contributed by atoms with Crippen molar-refractivity contribution in [2.45, 2.75) is 24.7 Å². The molecule has 184 valence electrons. The van der Waals surface area contributed by atoms with Crippen LogP contribution in [0.4, 0.5) is 5.95 Å². The Kier molecular flexibility index (Phi) is 6.52. The van der Waals surface area contributed by atoms with E-state index in [1.54, 1.807) is 38.2 Å². The Morgan fingerprint density at radius 1 is 0.886 bits per heavy atom. The third-order valence-corrected chi connectivity index (χ3v) is 8.70. The van der Waals surface area contributed by atoms with Gasteiger partial charge in [-0.2, -0.15) is 8.99 Å². The van der Waals surface area contributed by atoms with E-state index < -0.39 is 10.0 Å². The first-order valence-corrected chi connectivity index (χ1v) is 13.4. The van der Waals surface area contributed by atoms with E-state index in [4.69, 9.17) is 0 Å². The Labute approximate surface area is 205 Å². The first-order valence-electron chi connectivity index (χ1n) is 11.9. The van der Waals surface area contributed by atoms with Crippen LogP contribution in [0.25, 0.3) is 5.69 Å². The number of nitrogens with zero attached hydrogens (tertiary/aromatic N) is 7. The molecule has 0 unspecified atom stereocenters. The van der Waals surface area contributed by atoms with E-state index in [2.05, 4.69) is 27.3 Å². The van der Waals surface area contributed by atoms with Crippen LogP contribution in [0.1, 0.15) is 30.1 Å². The lowest BCUT2D eigenvalue weighted by Gasteiger charge is -2.34. The van der Waals surface area contributed by atoms with Crippen LogP contribution in [0.2, 0.25) is 0 Å². The molecule has 0 radical (unpaired) electrons. The predicted octanol–water partition coefficient (Wildman–Crippen LogP) is 2.05. The molecule has 1 amide bonds. The maximum atomic E-state index is 13.1. The van der Waals surface area contributed by atoms with Gasteiger partial charge in [0, 0.05) is 44.8 Å². The fraction of sp³-hybridized carbons (Fsp3) is 0.417. The summed E-state index contributed by atoms with van der Waals surface area (Å²) in [5, 5.41) is 12.1. The maximum Gasteiger partial charge on any atom is 0.253 e. The molecule has 0 N–H and O–H groups in total. The quantitative estimate of drug-likeness (QED) is 0.533. The van der Waals surface area contributed by atoms with Crippen molar-refractivity contribution in [3.63, 3.8) is 0 Å². The molecule has 2 saturated heterocycles. The van der Waals surface area contributed by atoms with Crippen LogP contribution in [-0.2, 0) is 10.0 Å². The van der Waals surface area contributed by atoms with Gasteiger partial charge in [0.15, 0.2) is 0 Å². The van der Waals surface area contributed by atoms with Gasteiger partial charge in [0.1, 0.15) is 0 Å². The molecule has 1 aromatic heterocycles. The van der Waals surface area contributed by atoms with Crippen LogP contribution in [0, 0.1) is 5.92 Å². The molecule has 11 heteroatoms. The summed E-state index contributed by atoms with van der Waals surface area (Å²) in [6.45, 7) is 5.47. The Hall–Kier alpha value is -3.31. The third-order valence-electron chi connectivity index (χ3n) is 6.79. The molecule has 0 aliphatic carbocycles. The number of anilines is 1. The van der Waals surface area contributed by atoms with Gasteiger partial charge in [-0.25, -0.2) is 8.42 Å². The molecule has 2 aliphatic rings. The van der Waals surface area contributed by atoms with Crippen LogP contribution in [0.3, 0.4) is 0 Å². The highest BCUT2D eigenvalue weighted by Gasteiger charge is 2.29. The molecule has 0 atom stereocenters. The van der Waals surface area contributed by atoms with Gasteiger partial charge in [0.2, 0.25) is 16.0 Å². The fourth-order valence-electron chi connectivity index (χ4n) is 4.55. The lowest BCUT2D eigenvalue weighted by Crippen LogP contribution is -2.49. The zero-order valence-electron chi connectivity index (χ0n) is 19.7. The van der Waals surface area contributed by atoms with Crippen molar-refractivity contribution >= 4 is 21.9 Å². The number of carbonyl (C=O) groups is 1. The molecular formula is C24H29N7O3S. The Bertz CT molecular complexity index is 1260. The molecule has 3 aromatic rings. The summed E-state index contributed by atoms with van der Waals surface area (Å²) in [5.74, 6) is 1.08. The smallest absolute Gasteiger partial charge is 0.253 e. The molecule has 3 heterocycles. The second-order valence-corrected chi connectivity index (χ2v) is 11.1. The second-order valence-electron chi connectivity index (χ2n) is 9.12. The van der Waals surface area contributed by atoms with E-state index in [1.165, 1.54) is 0 Å². The standard InChI is InChI=1S/C24H29N7O3S/c1-19-11-13-30(14-12-19)35(33,34)22-9-7-20(8-10-22)23(32)28-15-17-29(18-16-28)24-25-26-27-31(24)21-5-3-2-4-6-21/h2-10,19H,11-18H2,1H3. The fourth-order valence-corrected chi connectivity index (χ4v) is 6.02. The highest BCUT2D eigenvalue weighted by Crippen LogP contribution is 2.24.